The molecule has 1 nitrogen and oxygen atoms in total. The van der Waals surface area contributed by atoms with E-state index >= 15 is 0 Å². The third kappa shape index (κ3) is 2.74. The van der Waals surface area contributed by atoms with Gasteiger partial charge in [0.1, 0.15) is 11.6 Å². The van der Waals surface area contributed by atoms with Crippen LogP contribution in [0.4, 0.5) is 8.78 Å². The van der Waals surface area contributed by atoms with Crippen LogP contribution in [-0.2, 0) is 6.42 Å². The summed E-state index contributed by atoms with van der Waals surface area (Å²) in [4.78, 5) is 0. The lowest BCUT2D eigenvalue weighted by molar-refractivity contribution is 0.288. The maximum Gasteiger partial charge on any atom is 0.140 e. The summed E-state index contributed by atoms with van der Waals surface area (Å²) in [5, 5.41) is 8.53. The van der Waals surface area contributed by atoms with E-state index in [4.69, 9.17) is 5.11 Å². The normalized spacial score (nSPS) is 10.5. The van der Waals surface area contributed by atoms with Crippen molar-refractivity contribution in [3.05, 3.63) is 33.8 Å². The van der Waals surface area contributed by atoms with Crippen LogP contribution in [0.5, 0.6) is 0 Å². The average Bonchev–Trinajstić information content (AvgIpc) is 2.09. The molecule has 0 aliphatic carbocycles. The van der Waals surface area contributed by atoms with Gasteiger partial charge in [0, 0.05) is 12.7 Å². The van der Waals surface area contributed by atoms with Gasteiger partial charge in [0.05, 0.1) is 4.47 Å². The minimum atomic E-state index is -0.606. The Hall–Kier alpha value is -0.480. The molecular formula is C9H9BrF2O. The molecule has 0 amide bonds. The molecule has 13 heavy (non-hydrogen) atoms. The standard InChI is InChI=1S/C9H9BrF2O/c10-7-4-6(2-1-3-13)8(11)5-9(7)12/h4-5,13H,1-3H2. The Bertz CT molecular complexity index is 302. The van der Waals surface area contributed by atoms with E-state index < -0.39 is 11.6 Å². The van der Waals surface area contributed by atoms with Gasteiger partial charge < -0.3 is 5.11 Å². The number of hydrogen-bond donors (Lipinski definition) is 1. The van der Waals surface area contributed by atoms with Gasteiger partial charge >= 0.3 is 0 Å². The van der Waals surface area contributed by atoms with E-state index in [9.17, 15) is 8.78 Å². The minimum Gasteiger partial charge on any atom is -0.396 e. The maximum absolute atomic E-state index is 13.0. The Morgan fingerprint density at radius 3 is 2.54 bits per heavy atom. The lowest BCUT2D eigenvalue weighted by atomic mass is 10.1. The first-order chi connectivity index (χ1) is 6.15. The smallest absolute Gasteiger partial charge is 0.140 e. The van der Waals surface area contributed by atoms with Crippen molar-refractivity contribution in [3.8, 4) is 0 Å². The van der Waals surface area contributed by atoms with Crippen molar-refractivity contribution in [3.63, 3.8) is 0 Å². The van der Waals surface area contributed by atoms with Crippen LogP contribution in [-0.4, -0.2) is 11.7 Å². The Balaban J connectivity index is 2.88. The van der Waals surface area contributed by atoms with E-state index in [0.29, 0.717) is 18.4 Å². The highest BCUT2D eigenvalue weighted by Crippen LogP contribution is 2.20. The highest BCUT2D eigenvalue weighted by molar-refractivity contribution is 9.10. The van der Waals surface area contributed by atoms with Crippen LogP contribution in [0.2, 0.25) is 0 Å². The van der Waals surface area contributed by atoms with E-state index in [1.807, 2.05) is 0 Å². The van der Waals surface area contributed by atoms with Gasteiger partial charge in [-0.2, -0.15) is 0 Å². The fourth-order valence-corrected chi connectivity index (χ4v) is 1.42. The Morgan fingerprint density at radius 1 is 1.23 bits per heavy atom. The van der Waals surface area contributed by atoms with Crippen molar-refractivity contribution >= 4 is 15.9 Å². The van der Waals surface area contributed by atoms with Crippen molar-refractivity contribution < 1.29 is 13.9 Å². The molecule has 72 valence electrons. The number of benzene rings is 1. The summed E-state index contributed by atoms with van der Waals surface area (Å²) in [7, 11) is 0. The highest BCUT2D eigenvalue weighted by atomic mass is 79.9. The molecule has 1 N–H and O–H groups in total. The van der Waals surface area contributed by atoms with Gasteiger partial charge in [-0.1, -0.05) is 0 Å². The van der Waals surface area contributed by atoms with Crippen molar-refractivity contribution in [2.45, 2.75) is 12.8 Å². The maximum atomic E-state index is 13.0. The molecule has 0 saturated heterocycles. The average molecular weight is 251 g/mol. The van der Waals surface area contributed by atoms with Crippen LogP contribution < -0.4 is 0 Å². The second kappa shape index (κ2) is 4.67. The summed E-state index contributed by atoms with van der Waals surface area (Å²) in [6.07, 6.45) is 0.899. The summed E-state index contributed by atoms with van der Waals surface area (Å²) >= 11 is 2.97. The summed E-state index contributed by atoms with van der Waals surface area (Å²) in [5.74, 6) is -1.17. The van der Waals surface area contributed by atoms with Crippen LogP contribution in [0.3, 0.4) is 0 Å². The third-order valence-electron chi connectivity index (χ3n) is 1.69. The first kappa shape index (κ1) is 10.6. The Labute approximate surface area is 83.5 Å². The minimum absolute atomic E-state index is 0.00837. The topological polar surface area (TPSA) is 20.2 Å². The molecule has 0 atom stereocenters. The van der Waals surface area contributed by atoms with Crippen molar-refractivity contribution in [2.24, 2.45) is 0 Å². The van der Waals surface area contributed by atoms with E-state index in [0.717, 1.165) is 6.07 Å². The van der Waals surface area contributed by atoms with Gasteiger partial charge in [-0.25, -0.2) is 8.78 Å². The molecule has 1 aromatic carbocycles. The highest BCUT2D eigenvalue weighted by Gasteiger charge is 2.07. The molecule has 0 unspecified atom stereocenters. The second-order valence-corrected chi connectivity index (χ2v) is 3.54. The summed E-state index contributed by atoms with van der Waals surface area (Å²) in [6, 6.07) is 2.25. The van der Waals surface area contributed by atoms with Crippen molar-refractivity contribution in [1.82, 2.24) is 0 Å². The number of aliphatic hydroxyl groups excluding tert-OH is 1. The van der Waals surface area contributed by atoms with Gasteiger partial charge in [0.25, 0.3) is 0 Å². The van der Waals surface area contributed by atoms with Crippen molar-refractivity contribution in [2.75, 3.05) is 6.61 Å². The molecule has 0 saturated carbocycles. The van der Waals surface area contributed by atoms with Gasteiger partial charge in [-0.15, -0.1) is 0 Å². The third-order valence-corrected chi connectivity index (χ3v) is 2.30. The summed E-state index contributed by atoms with van der Waals surface area (Å²) < 4.78 is 26.0. The lowest BCUT2D eigenvalue weighted by Gasteiger charge is -2.03. The molecule has 0 heterocycles. The van der Waals surface area contributed by atoms with Crippen LogP contribution in [0, 0.1) is 11.6 Å². The van der Waals surface area contributed by atoms with Crippen molar-refractivity contribution in [1.29, 1.82) is 0 Å². The van der Waals surface area contributed by atoms with E-state index in [2.05, 4.69) is 15.9 Å². The van der Waals surface area contributed by atoms with Crippen LogP contribution in [0.25, 0.3) is 0 Å². The van der Waals surface area contributed by atoms with E-state index in [-0.39, 0.29) is 11.1 Å². The summed E-state index contributed by atoms with van der Waals surface area (Å²) in [5.41, 5.74) is 0.419. The zero-order valence-corrected chi connectivity index (χ0v) is 8.44. The SMILES string of the molecule is OCCCc1cc(Br)c(F)cc1F. The van der Waals surface area contributed by atoms with Gasteiger partial charge in [0.15, 0.2) is 0 Å². The fraction of sp³-hybridized carbons (Fsp3) is 0.333. The molecule has 0 aromatic heterocycles. The second-order valence-electron chi connectivity index (χ2n) is 2.68. The van der Waals surface area contributed by atoms with E-state index in [1.54, 1.807) is 0 Å². The largest absolute Gasteiger partial charge is 0.396 e. The first-order valence-electron chi connectivity index (χ1n) is 3.89. The molecule has 0 radical (unpaired) electrons. The number of hydrogen-bond acceptors (Lipinski definition) is 1. The number of aryl methyl sites for hydroxylation is 1. The van der Waals surface area contributed by atoms with Crippen LogP contribution >= 0.6 is 15.9 Å². The zero-order chi connectivity index (χ0) is 9.84. The molecule has 0 aliphatic rings. The molecule has 0 fully saturated rings. The predicted molar refractivity (Wildman–Crippen MR) is 49.5 cm³/mol. The monoisotopic (exact) mass is 250 g/mol. The fourth-order valence-electron chi connectivity index (χ4n) is 1.02. The first-order valence-corrected chi connectivity index (χ1v) is 4.68. The number of rotatable bonds is 3. The molecule has 4 heteroatoms. The Morgan fingerprint density at radius 2 is 1.92 bits per heavy atom. The van der Waals surface area contributed by atoms with Gasteiger partial charge in [-0.3, -0.25) is 0 Å². The quantitative estimate of drug-likeness (QED) is 0.819. The van der Waals surface area contributed by atoms with Gasteiger partial charge in [-0.05, 0) is 40.4 Å². The van der Waals surface area contributed by atoms with E-state index in [1.165, 1.54) is 6.07 Å². The molecule has 1 rings (SSSR count). The predicted octanol–water partition coefficient (Wildman–Crippen LogP) is 2.65. The van der Waals surface area contributed by atoms with Gasteiger partial charge in [0.2, 0.25) is 0 Å². The molecule has 0 spiro atoms. The summed E-state index contributed by atoms with van der Waals surface area (Å²) in [6.45, 7) is 0.00837. The molecule has 0 bridgehead atoms. The molecular weight excluding hydrogens is 242 g/mol. The molecule has 0 aliphatic heterocycles. The van der Waals surface area contributed by atoms with Crippen LogP contribution in [0.15, 0.2) is 16.6 Å². The zero-order valence-electron chi connectivity index (χ0n) is 6.86. The van der Waals surface area contributed by atoms with Crippen LogP contribution in [0.1, 0.15) is 12.0 Å². The molecule has 1 aromatic rings. The Kier molecular flexibility index (Phi) is 3.81. The number of halogens is 3. The lowest BCUT2D eigenvalue weighted by Crippen LogP contribution is -1.95. The number of aliphatic hydroxyl groups is 1.